The number of H-pyrrole nitrogens is 1. The lowest BCUT2D eigenvalue weighted by molar-refractivity contribution is -0.139. The van der Waals surface area contributed by atoms with E-state index >= 15 is 0 Å². The molecule has 0 fully saturated rings. The molecule has 0 spiro atoms. The molecule has 98 valence electrons. The topological polar surface area (TPSA) is 95.1 Å². The Hall–Kier alpha value is -2.11. The molecule has 0 aliphatic carbocycles. The van der Waals surface area contributed by atoms with Crippen LogP contribution in [0.4, 0.5) is 0 Å². The molecule has 0 saturated heterocycles. The molecule has 1 rings (SSSR count). The van der Waals surface area contributed by atoms with Crippen LogP contribution in [-0.4, -0.2) is 33.2 Å². The number of aromatic amines is 1. The average molecular weight is 251 g/mol. The van der Waals surface area contributed by atoms with Crippen LogP contribution in [0, 0.1) is 0 Å². The van der Waals surface area contributed by atoms with Crippen molar-refractivity contribution in [2.75, 3.05) is 0 Å². The number of rotatable bonds is 6. The van der Waals surface area contributed by atoms with Gasteiger partial charge in [-0.15, -0.1) is 0 Å². The molecule has 0 aliphatic rings. The smallest absolute Gasteiger partial charge is 0.326 e. The number of amides is 1. The van der Waals surface area contributed by atoms with Crippen molar-refractivity contribution in [1.82, 2.24) is 15.5 Å². The minimum absolute atomic E-state index is 0.207. The Morgan fingerprint density at radius 2 is 2.33 bits per heavy atom. The zero-order valence-corrected chi connectivity index (χ0v) is 10.4. The summed E-state index contributed by atoms with van der Waals surface area (Å²) in [7, 11) is 0. The minimum atomic E-state index is -1.06. The Bertz CT molecular complexity index is 451. The van der Waals surface area contributed by atoms with E-state index < -0.39 is 17.9 Å². The number of carbonyl (C=O) groups excluding carboxylic acids is 1. The monoisotopic (exact) mass is 251 g/mol. The van der Waals surface area contributed by atoms with Crippen LogP contribution in [0.1, 0.15) is 36.5 Å². The van der Waals surface area contributed by atoms with Crippen molar-refractivity contribution in [3.05, 3.63) is 29.6 Å². The van der Waals surface area contributed by atoms with Gasteiger partial charge in [-0.05, 0) is 25.8 Å². The van der Waals surface area contributed by atoms with Crippen molar-refractivity contribution >= 4 is 11.9 Å². The van der Waals surface area contributed by atoms with Gasteiger partial charge in [-0.3, -0.25) is 9.89 Å². The number of aliphatic carboxylic acids is 1. The van der Waals surface area contributed by atoms with E-state index in [0.29, 0.717) is 0 Å². The maximum absolute atomic E-state index is 11.8. The number of hydrogen-bond donors (Lipinski definition) is 3. The van der Waals surface area contributed by atoms with Gasteiger partial charge in [-0.1, -0.05) is 19.1 Å². The van der Waals surface area contributed by atoms with Crippen molar-refractivity contribution in [1.29, 1.82) is 0 Å². The van der Waals surface area contributed by atoms with Gasteiger partial charge in [0.15, 0.2) is 0 Å². The molecule has 1 heterocycles. The summed E-state index contributed by atoms with van der Waals surface area (Å²) in [6, 6.07) is 0.680. The fourth-order valence-corrected chi connectivity index (χ4v) is 1.38. The van der Waals surface area contributed by atoms with Crippen molar-refractivity contribution in [3.8, 4) is 0 Å². The number of aryl methyl sites for hydroxylation is 1. The first kappa shape index (κ1) is 14.0. The van der Waals surface area contributed by atoms with E-state index in [9.17, 15) is 9.59 Å². The van der Waals surface area contributed by atoms with Crippen molar-refractivity contribution in [2.24, 2.45) is 0 Å². The van der Waals surface area contributed by atoms with Gasteiger partial charge < -0.3 is 10.4 Å². The first-order chi connectivity index (χ1) is 8.58. The summed E-state index contributed by atoms with van der Waals surface area (Å²) in [5.41, 5.74) is 1.04. The second kappa shape index (κ2) is 6.58. The van der Waals surface area contributed by atoms with Gasteiger partial charge in [0.1, 0.15) is 11.7 Å². The lowest BCUT2D eigenvalue weighted by atomic mass is 10.2. The van der Waals surface area contributed by atoms with E-state index in [4.69, 9.17) is 5.11 Å². The van der Waals surface area contributed by atoms with E-state index in [-0.39, 0.29) is 12.1 Å². The van der Waals surface area contributed by atoms with Crippen LogP contribution in [0.3, 0.4) is 0 Å². The summed E-state index contributed by atoms with van der Waals surface area (Å²) in [5.74, 6) is -1.55. The molecule has 1 unspecified atom stereocenters. The number of carboxylic acids is 1. The Morgan fingerprint density at radius 3 is 2.83 bits per heavy atom. The predicted molar refractivity (Wildman–Crippen MR) is 66.3 cm³/mol. The van der Waals surface area contributed by atoms with E-state index in [1.165, 1.54) is 0 Å². The minimum Gasteiger partial charge on any atom is -0.480 e. The lowest BCUT2D eigenvalue weighted by Gasteiger charge is -2.11. The lowest BCUT2D eigenvalue weighted by Crippen LogP contribution is -2.40. The Labute approximate surface area is 105 Å². The molecule has 6 heteroatoms. The van der Waals surface area contributed by atoms with Crippen LogP contribution >= 0.6 is 0 Å². The highest BCUT2D eigenvalue weighted by Gasteiger charge is 2.20. The molecule has 6 nitrogen and oxygen atoms in total. The number of carboxylic acid groups (broad SMARTS) is 1. The summed E-state index contributed by atoms with van der Waals surface area (Å²) in [4.78, 5) is 22.7. The third kappa shape index (κ3) is 3.73. The van der Waals surface area contributed by atoms with Crippen molar-refractivity contribution < 1.29 is 14.7 Å². The van der Waals surface area contributed by atoms with Gasteiger partial charge in [0.05, 0.1) is 0 Å². The Morgan fingerprint density at radius 1 is 1.61 bits per heavy atom. The molecular weight excluding hydrogens is 234 g/mol. The molecule has 0 aromatic carbocycles. The van der Waals surface area contributed by atoms with Crippen LogP contribution in [0.5, 0.6) is 0 Å². The first-order valence-corrected chi connectivity index (χ1v) is 5.77. The van der Waals surface area contributed by atoms with Crippen LogP contribution in [0.2, 0.25) is 0 Å². The van der Waals surface area contributed by atoms with E-state index in [0.717, 1.165) is 12.1 Å². The zero-order chi connectivity index (χ0) is 13.5. The molecule has 1 atom stereocenters. The van der Waals surface area contributed by atoms with Gasteiger partial charge in [0, 0.05) is 5.69 Å². The van der Waals surface area contributed by atoms with Crippen molar-refractivity contribution in [2.45, 2.75) is 32.7 Å². The van der Waals surface area contributed by atoms with E-state index in [1.54, 1.807) is 25.1 Å². The van der Waals surface area contributed by atoms with Gasteiger partial charge in [-0.2, -0.15) is 5.10 Å². The normalized spacial score (nSPS) is 12.6. The SMILES string of the molecule is C/C=C/CC(NC(=O)c1cc(CC)[nH]n1)C(=O)O. The Balaban J connectivity index is 2.68. The largest absolute Gasteiger partial charge is 0.480 e. The molecule has 1 aromatic heterocycles. The second-order valence-electron chi connectivity index (χ2n) is 3.80. The van der Waals surface area contributed by atoms with E-state index in [2.05, 4.69) is 15.5 Å². The van der Waals surface area contributed by atoms with Crippen LogP contribution < -0.4 is 5.32 Å². The summed E-state index contributed by atoms with van der Waals surface area (Å²) in [6.07, 6.45) is 4.43. The molecule has 0 saturated carbocycles. The van der Waals surface area contributed by atoms with Crippen LogP contribution in [0.25, 0.3) is 0 Å². The number of allylic oxidation sites excluding steroid dienone is 1. The second-order valence-corrected chi connectivity index (χ2v) is 3.80. The predicted octanol–water partition coefficient (Wildman–Crippen LogP) is 1.12. The summed E-state index contributed by atoms with van der Waals surface area (Å²) in [5, 5.41) is 17.9. The fraction of sp³-hybridized carbons (Fsp3) is 0.417. The van der Waals surface area contributed by atoms with Gasteiger partial charge in [0.2, 0.25) is 0 Å². The average Bonchev–Trinajstić information content (AvgIpc) is 2.82. The fourth-order valence-electron chi connectivity index (χ4n) is 1.38. The van der Waals surface area contributed by atoms with Gasteiger partial charge >= 0.3 is 5.97 Å². The van der Waals surface area contributed by atoms with Gasteiger partial charge in [0.25, 0.3) is 5.91 Å². The van der Waals surface area contributed by atoms with Gasteiger partial charge in [-0.25, -0.2) is 4.79 Å². The molecule has 18 heavy (non-hydrogen) atoms. The highest BCUT2D eigenvalue weighted by Crippen LogP contribution is 2.02. The maximum atomic E-state index is 11.8. The number of aromatic nitrogens is 2. The maximum Gasteiger partial charge on any atom is 0.326 e. The number of hydrogen-bond acceptors (Lipinski definition) is 3. The highest BCUT2D eigenvalue weighted by molar-refractivity contribution is 5.95. The molecule has 3 N–H and O–H groups in total. The quantitative estimate of drug-likeness (QED) is 0.660. The van der Waals surface area contributed by atoms with Crippen molar-refractivity contribution in [3.63, 3.8) is 0 Å². The first-order valence-electron chi connectivity index (χ1n) is 5.77. The number of carbonyl (C=O) groups is 2. The van der Waals surface area contributed by atoms with E-state index in [1.807, 2.05) is 6.92 Å². The molecule has 0 bridgehead atoms. The summed E-state index contributed by atoms with van der Waals surface area (Å²) < 4.78 is 0. The Kier molecular flexibility index (Phi) is 5.10. The number of nitrogens with one attached hydrogen (secondary N) is 2. The number of nitrogens with zero attached hydrogens (tertiary/aromatic N) is 1. The summed E-state index contributed by atoms with van der Waals surface area (Å²) in [6.45, 7) is 3.73. The third-order valence-corrected chi connectivity index (χ3v) is 2.46. The zero-order valence-electron chi connectivity index (χ0n) is 10.4. The third-order valence-electron chi connectivity index (χ3n) is 2.46. The molecular formula is C12H17N3O3. The molecule has 1 aromatic rings. The van der Waals surface area contributed by atoms with Crippen LogP contribution in [0.15, 0.2) is 18.2 Å². The molecule has 1 amide bonds. The summed E-state index contributed by atoms with van der Waals surface area (Å²) >= 11 is 0. The highest BCUT2D eigenvalue weighted by atomic mass is 16.4. The standard InChI is InChI=1S/C12H17N3O3/c1-3-5-6-9(12(17)18)13-11(16)10-7-8(4-2)14-15-10/h3,5,7,9H,4,6H2,1-2H3,(H,13,16)(H,14,15)(H,17,18)/b5-3+. The molecule has 0 radical (unpaired) electrons. The van der Waals surface area contributed by atoms with Crippen LogP contribution in [-0.2, 0) is 11.2 Å². The molecule has 0 aliphatic heterocycles.